The SMILES string of the molecule is COc1ccc2c(C)nn(-c3ccnc(Nc4cc([N+](=O)[O-])c(N(C)CCN5CCCC5)cc4OC)n3)c2c1. The van der Waals surface area contributed by atoms with E-state index in [9.17, 15) is 10.1 Å². The molecule has 12 nitrogen and oxygen atoms in total. The van der Waals surface area contributed by atoms with Gasteiger partial charge in [-0.3, -0.25) is 10.1 Å². The summed E-state index contributed by atoms with van der Waals surface area (Å²) >= 11 is 0. The summed E-state index contributed by atoms with van der Waals surface area (Å²) in [6.07, 6.45) is 4.01. The van der Waals surface area contributed by atoms with Crippen molar-refractivity contribution >= 4 is 33.9 Å². The number of likely N-dealkylation sites (tertiary alicyclic amines) is 1. The molecular weight excluding hydrogens is 500 g/mol. The minimum absolute atomic E-state index is 0.0285. The molecule has 204 valence electrons. The maximum atomic E-state index is 12.1. The lowest BCUT2D eigenvalue weighted by Crippen LogP contribution is -2.31. The van der Waals surface area contributed by atoms with Crippen LogP contribution >= 0.6 is 0 Å². The highest BCUT2D eigenvalue weighted by atomic mass is 16.6. The van der Waals surface area contributed by atoms with E-state index in [1.165, 1.54) is 26.0 Å². The summed E-state index contributed by atoms with van der Waals surface area (Å²) in [7, 11) is 5.01. The number of nitrogens with one attached hydrogen (secondary N) is 1. The zero-order valence-corrected chi connectivity index (χ0v) is 22.5. The van der Waals surface area contributed by atoms with Crippen LogP contribution in [0, 0.1) is 17.0 Å². The predicted octanol–water partition coefficient (Wildman–Crippen LogP) is 4.32. The van der Waals surface area contributed by atoms with Gasteiger partial charge in [-0.05, 0) is 45.0 Å². The number of ether oxygens (including phenoxy) is 2. The van der Waals surface area contributed by atoms with Crippen molar-refractivity contribution < 1.29 is 14.4 Å². The molecule has 12 heteroatoms. The summed E-state index contributed by atoms with van der Waals surface area (Å²) in [5.41, 5.74) is 2.54. The van der Waals surface area contributed by atoms with Crippen molar-refractivity contribution in [3.8, 4) is 17.3 Å². The van der Waals surface area contributed by atoms with Crippen LogP contribution in [0.5, 0.6) is 11.5 Å². The van der Waals surface area contributed by atoms with Gasteiger partial charge in [0.05, 0.1) is 36.0 Å². The molecule has 2 aromatic heterocycles. The Morgan fingerprint density at radius 2 is 1.92 bits per heavy atom. The molecule has 39 heavy (non-hydrogen) atoms. The Morgan fingerprint density at radius 3 is 2.64 bits per heavy atom. The van der Waals surface area contributed by atoms with Crippen LogP contribution < -0.4 is 19.7 Å². The minimum Gasteiger partial charge on any atom is -0.497 e. The lowest BCUT2D eigenvalue weighted by molar-refractivity contribution is -0.384. The lowest BCUT2D eigenvalue weighted by Gasteiger charge is -2.24. The lowest BCUT2D eigenvalue weighted by atomic mass is 10.2. The standard InChI is InChI=1S/C27H32N8O4/c1-18-20-8-7-19(38-3)15-22(20)34(31-18)26-9-10-28-27(30-26)29-21-16-24(35(36)37)23(17-25(21)39-4)32(2)13-14-33-11-5-6-12-33/h7-10,15-17H,5-6,11-14H2,1-4H3,(H,28,29,30). The second-order valence-corrected chi connectivity index (χ2v) is 9.51. The predicted molar refractivity (Wildman–Crippen MR) is 150 cm³/mol. The van der Waals surface area contributed by atoms with Crippen LogP contribution in [0.15, 0.2) is 42.6 Å². The van der Waals surface area contributed by atoms with Crippen molar-refractivity contribution in [2.24, 2.45) is 0 Å². The number of rotatable bonds is 10. The van der Waals surface area contributed by atoms with Gasteiger partial charge in [0.2, 0.25) is 5.95 Å². The van der Waals surface area contributed by atoms with Gasteiger partial charge in [-0.2, -0.15) is 10.1 Å². The number of hydrogen-bond donors (Lipinski definition) is 1. The average Bonchev–Trinajstić information content (AvgIpc) is 3.59. The molecule has 0 radical (unpaired) electrons. The molecule has 2 aromatic carbocycles. The topological polar surface area (TPSA) is 124 Å². The Kier molecular flexibility index (Phi) is 7.46. The minimum atomic E-state index is -0.379. The van der Waals surface area contributed by atoms with E-state index in [1.54, 1.807) is 30.1 Å². The number of nitrogens with zero attached hydrogens (tertiary/aromatic N) is 7. The van der Waals surface area contributed by atoms with Crippen LogP contribution in [0.25, 0.3) is 16.7 Å². The number of aromatic nitrogens is 4. The monoisotopic (exact) mass is 532 g/mol. The second-order valence-electron chi connectivity index (χ2n) is 9.51. The molecule has 0 unspecified atom stereocenters. The Balaban J connectivity index is 1.45. The van der Waals surface area contributed by atoms with Gasteiger partial charge in [0, 0.05) is 56.0 Å². The van der Waals surface area contributed by atoms with Gasteiger partial charge in [0.25, 0.3) is 5.69 Å². The van der Waals surface area contributed by atoms with Crippen LogP contribution in [-0.4, -0.2) is 77.0 Å². The molecule has 0 amide bonds. The van der Waals surface area contributed by atoms with Gasteiger partial charge < -0.3 is 24.6 Å². The summed E-state index contributed by atoms with van der Waals surface area (Å²) in [5.74, 6) is 1.94. The summed E-state index contributed by atoms with van der Waals surface area (Å²) < 4.78 is 12.7. The molecule has 1 fully saturated rings. The van der Waals surface area contributed by atoms with Gasteiger partial charge in [-0.15, -0.1) is 0 Å². The Hall–Kier alpha value is -4.45. The van der Waals surface area contributed by atoms with Gasteiger partial charge in [0.1, 0.15) is 17.2 Å². The number of anilines is 3. The van der Waals surface area contributed by atoms with E-state index in [4.69, 9.17) is 9.47 Å². The van der Waals surface area contributed by atoms with Crippen molar-refractivity contribution in [2.75, 3.05) is 57.7 Å². The largest absolute Gasteiger partial charge is 0.497 e. The van der Waals surface area contributed by atoms with E-state index in [1.807, 2.05) is 37.1 Å². The molecular formula is C27H32N8O4. The van der Waals surface area contributed by atoms with Gasteiger partial charge in [-0.1, -0.05) is 0 Å². The van der Waals surface area contributed by atoms with Crippen LogP contribution in [0.4, 0.5) is 23.0 Å². The average molecular weight is 533 g/mol. The van der Waals surface area contributed by atoms with Crippen molar-refractivity contribution in [3.05, 3.63) is 58.4 Å². The molecule has 0 spiro atoms. The van der Waals surface area contributed by atoms with Crippen molar-refractivity contribution in [3.63, 3.8) is 0 Å². The van der Waals surface area contributed by atoms with E-state index in [-0.39, 0.29) is 16.6 Å². The third-order valence-electron chi connectivity index (χ3n) is 7.03. The first-order valence-corrected chi connectivity index (χ1v) is 12.8. The second kappa shape index (κ2) is 11.1. The first-order valence-electron chi connectivity index (χ1n) is 12.8. The van der Waals surface area contributed by atoms with Crippen LogP contribution in [-0.2, 0) is 0 Å². The fourth-order valence-corrected chi connectivity index (χ4v) is 4.89. The van der Waals surface area contributed by atoms with E-state index >= 15 is 0 Å². The Bertz CT molecular complexity index is 1500. The number of nitro benzene ring substituents is 1. The number of hydrogen-bond acceptors (Lipinski definition) is 10. The van der Waals surface area contributed by atoms with Gasteiger partial charge in [-0.25, -0.2) is 9.67 Å². The number of fused-ring (bicyclic) bond motifs is 1. The third kappa shape index (κ3) is 5.41. The van der Waals surface area contributed by atoms with E-state index in [0.717, 1.165) is 36.2 Å². The Labute approximate surface area is 226 Å². The number of methoxy groups -OCH3 is 2. The highest BCUT2D eigenvalue weighted by Crippen LogP contribution is 2.39. The maximum absolute atomic E-state index is 12.1. The zero-order chi connectivity index (χ0) is 27.5. The Morgan fingerprint density at radius 1 is 1.13 bits per heavy atom. The fourth-order valence-electron chi connectivity index (χ4n) is 4.89. The third-order valence-corrected chi connectivity index (χ3v) is 7.03. The molecule has 0 atom stereocenters. The summed E-state index contributed by atoms with van der Waals surface area (Å²) in [4.78, 5) is 24.9. The molecule has 0 aliphatic carbocycles. The van der Waals surface area contributed by atoms with Crippen molar-refractivity contribution in [1.29, 1.82) is 0 Å². The summed E-state index contributed by atoms with van der Waals surface area (Å²) in [5, 5.41) is 20.8. The quantitative estimate of drug-likeness (QED) is 0.233. The van der Waals surface area contributed by atoms with E-state index in [0.29, 0.717) is 35.2 Å². The maximum Gasteiger partial charge on any atom is 0.294 e. The first-order chi connectivity index (χ1) is 18.9. The highest BCUT2D eigenvalue weighted by molar-refractivity contribution is 5.84. The molecule has 1 N–H and O–H groups in total. The number of aryl methyl sites for hydroxylation is 1. The molecule has 3 heterocycles. The molecule has 4 aromatic rings. The molecule has 1 aliphatic heterocycles. The summed E-state index contributed by atoms with van der Waals surface area (Å²) in [6, 6.07) is 10.6. The zero-order valence-electron chi connectivity index (χ0n) is 22.5. The number of benzene rings is 2. The molecule has 0 saturated carbocycles. The number of nitro groups is 1. The summed E-state index contributed by atoms with van der Waals surface area (Å²) in [6.45, 7) is 5.60. The molecule has 5 rings (SSSR count). The molecule has 0 bridgehead atoms. The normalized spacial score (nSPS) is 13.5. The number of likely N-dealkylation sites (N-methyl/N-ethyl adjacent to an activating group) is 1. The first kappa shape index (κ1) is 26.2. The van der Waals surface area contributed by atoms with Crippen LogP contribution in [0.2, 0.25) is 0 Å². The fraction of sp³-hybridized carbons (Fsp3) is 0.370. The molecule has 1 aliphatic rings. The highest BCUT2D eigenvalue weighted by Gasteiger charge is 2.23. The van der Waals surface area contributed by atoms with Crippen molar-refractivity contribution in [2.45, 2.75) is 19.8 Å². The van der Waals surface area contributed by atoms with Crippen LogP contribution in [0.3, 0.4) is 0 Å². The smallest absolute Gasteiger partial charge is 0.294 e. The molecule has 1 saturated heterocycles. The van der Waals surface area contributed by atoms with Gasteiger partial charge in [0.15, 0.2) is 5.82 Å². The van der Waals surface area contributed by atoms with Gasteiger partial charge >= 0.3 is 0 Å². The van der Waals surface area contributed by atoms with Crippen molar-refractivity contribution in [1.82, 2.24) is 24.6 Å². The van der Waals surface area contributed by atoms with E-state index in [2.05, 4.69) is 25.3 Å². The van der Waals surface area contributed by atoms with E-state index < -0.39 is 0 Å². The van der Waals surface area contributed by atoms with Crippen LogP contribution in [0.1, 0.15) is 18.5 Å².